The highest BCUT2D eigenvalue weighted by Gasteiger charge is 2.68. The van der Waals surface area contributed by atoms with Crippen LogP contribution in [0.2, 0.25) is 0 Å². The average molecular weight is 637 g/mol. The first-order valence-corrected chi connectivity index (χ1v) is 15.4. The predicted molar refractivity (Wildman–Crippen MR) is 156 cm³/mol. The fourth-order valence-electron chi connectivity index (χ4n) is 7.92. The van der Waals surface area contributed by atoms with Crippen LogP contribution in [-0.2, 0) is 25.7 Å². The summed E-state index contributed by atoms with van der Waals surface area (Å²) >= 11 is 1.42. The summed E-state index contributed by atoms with van der Waals surface area (Å²) in [6.07, 6.45) is -2.99. The van der Waals surface area contributed by atoms with Gasteiger partial charge in [0.25, 0.3) is 0 Å². The highest BCUT2D eigenvalue weighted by molar-refractivity contribution is 7.09. The minimum atomic E-state index is -5.01. The summed E-state index contributed by atoms with van der Waals surface area (Å²) in [5, 5.41) is 13.0. The zero-order valence-electron chi connectivity index (χ0n) is 23.9. The van der Waals surface area contributed by atoms with Gasteiger partial charge in [0.1, 0.15) is 11.5 Å². The van der Waals surface area contributed by atoms with Crippen molar-refractivity contribution in [3.8, 4) is 11.5 Å². The number of nitrogens with zero attached hydrogens (tertiary/aromatic N) is 2. The van der Waals surface area contributed by atoms with Crippen molar-refractivity contribution in [2.45, 2.75) is 38.6 Å². The first kappa shape index (κ1) is 29.3. The maximum atomic E-state index is 14.4. The third-order valence-electron chi connectivity index (χ3n) is 9.82. The number of fused-ring (bicyclic) bond motifs is 4. The number of para-hydroxylation sites is 1. The Balaban J connectivity index is 1.37. The molecule has 2 aromatic carbocycles. The first-order chi connectivity index (χ1) is 21.4. The van der Waals surface area contributed by atoms with Gasteiger partial charge < -0.3 is 9.84 Å². The number of carbonyl (C=O) groups excluding carboxylic acids is 4. The second kappa shape index (κ2) is 10.3. The van der Waals surface area contributed by atoms with Crippen LogP contribution in [-0.4, -0.2) is 40.0 Å². The Bertz CT molecular complexity index is 1760. The van der Waals surface area contributed by atoms with Crippen LogP contribution in [0.25, 0.3) is 0 Å². The van der Waals surface area contributed by atoms with Gasteiger partial charge in [0.2, 0.25) is 23.6 Å². The molecule has 2 saturated heterocycles. The number of anilines is 1. The molecule has 1 N–H and O–H groups in total. The van der Waals surface area contributed by atoms with Gasteiger partial charge in [-0.05, 0) is 67.5 Å². The van der Waals surface area contributed by atoms with E-state index < -0.39 is 58.9 Å². The van der Waals surface area contributed by atoms with Crippen LogP contribution < -0.4 is 9.64 Å². The number of hydrogen-bond donors (Lipinski definition) is 1. The van der Waals surface area contributed by atoms with Crippen molar-refractivity contribution < 1.29 is 42.2 Å². The smallest absolute Gasteiger partial charge is 0.508 e. The fourth-order valence-corrected chi connectivity index (χ4v) is 8.62. The lowest BCUT2D eigenvalue weighted by Crippen LogP contribution is -2.48. The molecule has 2 aliphatic carbocycles. The minimum absolute atomic E-state index is 0.0260. The summed E-state index contributed by atoms with van der Waals surface area (Å²) in [6.45, 7) is 1.71. The third-order valence-corrected chi connectivity index (χ3v) is 10.7. The summed E-state index contributed by atoms with van der Waals surface area (Å²) in [5.41, 5.74) is -0.672. The normalized spacial score (nSPS) is 29.4. The molecule has 0 unspecified atom stereocenters. The second-order valence-electron chi connectivity index (χ2n) is 12.1. The molecule has 4 amide bonds. The van der Waals surface area contributed by atoms with Gasteiger partial charge in [-0.2, -0.15) is 0 Å². The molecule has 0 spiro atoms. The van der Waals surface area contributed by atoms with E-state index in [1.807, 2.05) is 17.5 Å². The standard InChI is InChI=1S/C33H27F3N2O6S/c1-32-24(29(41)38(31(32)43)17-6-3-2-4-7-17)15-22-20(27(32)23-14-18(9-12-25(23)39)44-33(34,35)36)10-11-21-26(22)30(42)37(28(21)40)16-19-8-5-13-45-19/h2-10,12-14,21-22,24,26-27,39H,11,15-16H2,1H3/t21-,22+,24-,26-,27+,32+/m0/s1. The van der Waals surface area contributed by atoms with Crippen molar-refractivity contribution in [2.75, 3.05) is 4.90 Å². The van der Waals surface area contributed by atoms with E-state index in [4.69, 9.17) is 0 Å². The van der Waals surface area contributed by atoms with E-state index in [0.29, 0.717) is 11.3 Å². The Labute approximate surface area is 259 Å². The van der Waals surface area contributed by atoms with Crippen LogP contribution >= 0.6 is 11.3 Å². The number of alkyl halides is 3. The number of aromatic hydroxyl groups is 1. The van der Waals surface area contributed by atoms with Gasteiger partial charge in [0, 0.05) is 16.4 Å². The Hall–Kier alpha value is -4.45. The molecular formula is C33H27F3N2O6S. The number of hydrogen-bond acceptors (Lipinski definition) is 7. The maximum Gasteiger partial charge on any atom is 0.573 e. The van der Waals surface area contributed by atoms with Crippen LogP contribution in [0, 0.1) is 29.1 Å². The Kier molecular flexibility index (Phi) is 6.70. The third kappa shape index (κ3) is 4.48. The zero-order valence-corrected chi connectivity index (χ0v) is 24.7. The molecule has 3 heterocycles. The van der Waals surface area contributed by atoms with E-state index in [9.17, 15) is 37.5 Å². The Morgan fingerprint density at radius 1 is 0.978 bits per heavy atom. The fraction of sp³-hybridized carbons (Fsp3) is 0.333. The van der Waals surface area contributed by atoms with Crippen molar-refractivity contribution in [3.05, 3.63) is 88.1 Å². The monoisotopic (exact) mass is 636 g/mol. The molecule has 3 fully saturated rings. The van der Waals surface area contributed by atoms with E-state index in [2.05, 4.69) is 4.74 Å². The highest BCUT2D eigenvalue weighted by Crippen LogP contribution is 2.64. The predicted octanol–water partition coefficient (Wildman–Crippen LogP) is 5.78. The average Bonchev–Trinajstić information content (AvgIpc) is 3.65. The maximum absolute atomic E-state index is 14.4. The molecule has 0 bridgehead atoms. The van der Waals surface area contributed by atoms with Gasteiger partial charge in [0.15, 0.2) is 0 Å². The van der Waals surface area contributed by atoms with Gasteiger partial charge >= 0.3 is 6.36 Å². The van der Waals surface area contributed by atoms with Crippen molar-refractivity contribution in [1.29, 1.82) is 0 Å². The van der Waals surface area contributed by atoms with E-state index in [1.54, 1.807) is 43.3 Å². The molecule has 8 nitrogen and oxygen atoms in total. The molecule has 6 atom stereocenters. The summed E-state index contributed by atoms with van der Waals surface area (Å²) in [4.78, 5) is 59.2. The first-order valence-electron chi connectivity index (χ1n) is 14.5. The molecule has 12 heteroatoms. The molecule has 2 aliphatic heterocycles. The number of benzene rings is 2. The van der Waals surface area contributed by atoms with Crippen LogP contribution in [0.1, 0.15) is 36.1 Å². The lowest BCUT2D eigenvalue weighted by molar-refractivity contribution is -0.274. The number of halogens is 3. The zero-order chi connectivity index (χ0) is 31.8. The van der Waals surface area contributed by atoms with Gasteiger partial charge in [0.05, 0.1) is 35.4 Å². The van der Waals surface area contributed by atoms with Gasteiger partial charge in [-0.15, -0.1) is 24.5 Å². The van der Waals surface area contributed by atoms with E-state index >= 15 is 0 Å². The number of ether oxygens (including phenoxy) is 1. The van der Waals surface area contributed by atoms with Gasteiger partial charge in [-0.1, -0.05) is 35.9 Å². The number of amides is 4. The molecule has 232 valence electrons. The summed E-state index contributed by atoms with van der Waals surface area (Å²) < 4.78 is 43.9. The minimum Gasteiger partial charge on any atom is -0.508 e. The number of rotatable bonds is 5. The SMILES string of the molecule is C[C@@]12C(=O)N(c3ccccc3)C(=O)[C@@H]1C[C@@H]1C(=CC[C@@H]3C(=O)N(Cc4cccs4)C(=O)[C@@H]31)[C@@H]2c1cc(OC(F)(F)F)ccc1O. The molecular weight excluding hydrogens is 609 g/mol. The number of carbonyl (C=O) groups is 4. The van der Waals surface area contributed by atoms with Crippen LogP contribution in [0.5, 0.6) is 11.5 Å². The molecule has 1 saturated carbocycles. The van der Waals surface area contributed by atoms with E-state index in [1.165, 1.54) is 16.2 Å². The van der Waals surface area contributed by atoms with Crippen molar-refractivity contribution >= 4 is 40.7 Å². The van der Waals surface area contributed by atoms with Crippen LogP contribution in [0.3, 0.4) is 0 Å². The van der Waals surface area contributed by atoms with Gasteiger partial charge in [-0.25, -0.2) is 4.90 Å². The lowest BCUT2D eigenvalue weighted by atomic mass is 9.51. The molecule has 0 radical (unpaired) electrons. The second-order valence-corrected chi connectivity index (χ2v) is 13.1. The molecule has 4 aliphatic rings. The number of imide groups is 2. The molecule has 7 rings (SSSR count). The van der Waals surface area contributed by atoms with E-state index in [-0.39, 0.29) is 42.5 Å². The number of allylic oxidation sites excluding steroid dienone is 2. The van der Waals surface area contributed by atoms with Crippen LogP contribution in [0.15, 0.2) is 77.7 Å². The largest absolute Gasteiger partial charge is 0.573 e. The number of phenols is 1. The van der Waals surface area contributed by atoms with Crippen LogP contribution in [0.4, 0.5) is 18.9 Å². The number of likely N-dealkylation sites (tertiary alicyclic amines) is 1. The Morgan fingerprint density at radius 2 is 1.73 bits per heavy atom. The summed E-state index contributed by atoms with van der Waals surface area (Å²) in [6, 6.07) is 15.1. The highest BCUT2D eigenvalue weighted by atomic mass is 32.1. The van der Waals surface area contributed by atoms with Crippen molar-refractivity contribution in [2.24, 2.45) is 29.1 Å². The Morgan fingerprint density at radius 3 is 2.42 bits per heavy atom. The lowest BCUT2D eigenvalue weighted by Gasteiger charge is -2.49. The van der Waals surface area contributed by atoms with E-state index in [0.717, 1.165) is 28.0 Å². The molecule has 45 heavy (non-hydrogen) atoms. The number of phenolic OH excluding ortho intramolecular Hbond substituents is 1. The number of thiophene rings is 1. The molecule has 1 aromatic heterocycles. The summed E-state index contributed by atoms with van der Waals surface area (Å²) in [5.74, 6) is -7.00. The quantitative estimate of drug-likeness (QED) is 0.281. The van der Waals surface area contributed by atoms with Gasteiger partial charge in [-0.3, -0.25) is 24.1 Å². The molecule has 3 aromatic rings. The van der Waals surface area contributed by atoms with Crippen molar-refractivity contribution in [1.82, 2.24) is 4.90 Å². The van der Waals surface area contributed by atoms with Crippen molar-refractivity contribution in [3.63, 3.8) is 0 Å². The topological polar surface area (TPSA) is 104 Å². The summed E-state index contributed by atoms with van der Waals surface area (Å²) in [7, 11) is 0.